The second kappa shape index (κ2) is 6.20. The van der Waals surface area contributed by atoms with E-state index in [0.717, 1.165) is 23.5 Å². The largest absolute Gasteiger partial charge is 0.342 e. The summed E-state index contributed by atoms with van der Waals surface area (Å²) in [5.41, 5.74) is 2.72. The number of fused-ring (bicyclic) bond motifs is 1. The van der Waals surface area contributed by atoms with Gasteiger partial charge in [0.15, 0.2) is 0 Å². The van der Waals surface area contributed by atoms with E-state index in [-0.39, 0.29) is 11.9 Å². The number of rotatable bonds is 4. The van der Waals surface area contributed by atoms with Crippen LogP contribution in [0.2, 0.25) is 0 Å². The van der Waals surface area contributed by atoms with Crippen molar-refractivity contribution >= 4 is 17.2 Å². The molecular weight excluding hydrogens is 296 g/mol. The van der Waals surface area contributed by atoms with E-state index >= 15 is 0 Å². The van der Waals surface area contributed by atoms with Gasteiger partial charge < -0.3 is 5.32 Å². The molecule has 0 bridgehead atoms. The van der Waals surface area contributed by atoms with Gasteiger partial charge in [-0.2, -0.15) is 5.10 Å². The molecule has 0 unspecified atom stereocenters. The summed E-state index contributed by atoms with van der Waals surface area (Å²) in [6.07, 6.45) is 4.69. The molecule has 1 aliphatic carbocycles. The third-order valence-corrected chi connectivity index (χ3v) is 5.35. The van der Waals surface area contributed by atoms with Crippen molar-refractivity contribution in [1.82, 2.24) is 20.1 Å². The van der Waals surface area contributed by atoms with E-state index in [2.05, 4.69) is 10.4 Å². The molecule has 1 amide bonds. The van der Waals surface area contributed by atoms with Gasteiger partial charge in [-0.15, -0.1) is 11.3 Å². The second-order valence-corrected chi connectivity index (χ2v) is 6.93. The highest BCUT2D eigenvalue weighted by molar-refractivity contribution is 7.11. The van der Waals surface area contributed by atoms with Crippen LogP contribution >= 0.6 is 11.3 Å². The van der Waals surface area contributed by atoms with E-state index in [0.29, 0.717) is 12.2 Å². The molecule has 2 aromatic heterocycles. The molecule has 0 saturated carbocycles. The van der Waals surface area contributed by atoms with Crippen molar-refractivity contribution in [3.63, 3.8) is 0 Å². The maximum Gasteiger partial charge on any atom is 0.270 e. The van der Waals surface area contributed by atoms with Crippen molar-refractivity contribution in [2.75, 3.05) is 0 Å². The van der Waals surface area contributed by atoms with E-state index in [4.69, 9.17) is 4.98 Å². The number of aromatic nitrogens is 3. The number of carbonyl (C=O) groups excluding carboxylic acids is 1. The Hall–Kier alpha value is -1.69. The second-order valence-electron chi connectivity index (χ2n) is 5.81. The zero-order valence-electron chi connectivity index (χ0n) is 13.3. The van der Waals surface area contributed by atoms with Gasteiger partial charge in [0.1, 0.15) is 10.7 Å². The van der Waals surface area contributed by atoms with Gasteiger partial charge in [0.25, 0.3) is 5.91 Å². The first kappa shape index (κ1) is 15.2. The summed E-state index contributed by atoms with van der Waals surface area (Å²) in [6.45, 7) is 6.58. The Morgan fingerprint density at radius 2 is 2.23 bits per heavy atom. The minimum atomic E-state index is -0.0804. The van der Waals surface area contributed by atoms with Crippen LogP contribution in [-0.4, -0.2) is 20.7 Å². The lowest BCUT2D eigenvalue weighted by Crippen LogP contribution is -2.28. The predicted molar refractivity (Wildman–Crippen MR) is 87.3 cm³/mol. The molecule has 2 heterocycles. The third-order valence-electron chi connectivity index (χ3n) is 4.01. The average molecular weight is 318 g/mol. The van der Waals surface area contributed by atoms with E-state index in [1.165, 1.54) is 23.4 Å². The van der Waals surface area contributed by atoms with Gasteiger partial charge >= 0.3 is 0 Å². The van der Waals surface area contributed by atoms with Crippen molar-refractivity contribution in [3.05, 3.63) is 33.0 Å². The number of carbonyl (C=O) groups is 1. The lowest BCUT2D eigenvalue weighted by molar-refractivity contribution is 0.0929. The molecule has 6 heteroatoms. The molecule has 3 rings (SSSR count). The SMILES string of the molecule is CCn1nc(C)cc1C(=O)N[C@H](C)c1nc2c(s1)CCCC2. The molecule has 0 aromatic carbocycles. The molecule has 0 fully saturated rings. The Kier molecular flexibility index (Phi) is 4.29. The zero-order chi connectivity index (χ0) is 15.7. The predicted octanol–water partition coefficient (Wildman–Crippen LogP) is 3.04. The molecule has 0 radical (unpaired) electrons. The van der Waals surface area contributed by atoms with E-state index < -0.39 is 0 Å². The Balaban J connectivity index is 1.74. The summed E-state index contributed by atoms with van der Waals surface area (Å²) < 4.78 is 1.74. The summed E-state index contributed by atoms with van der Waals surface area (Å²) in [5, 5.41) is 8.40. The maximum absolute atomic E-state index is 12.5. The molecule has 1 N–H and O–H groups in total. The molecule has 0 saturated heterocycles. The lowest BCUT2D eigenvalue weighted by atomic mass is 10.0. The normalized spacial score (nSPS) is 15.4. The highest BCUT2D eigenvalue weighted by Crippen LogP contribution is 2.29. The highest BCUT2D eigenvalue weighted by Gasteiger charge is 2.21. The molecule has 5 nitrogen and oxygen atoms in total. The molecule has 1 aliphatic rings. The van der Waals surface area contributed by atoms with Crippen molar-refractivity contribution in [1.29, 1.82) is 0 Å². The fourth-order valence-electron chi connectivity index (χ4n) is 2.86. The Labute approximate surface area is 134 Å². The lowest BCUT2D eigenvalue weighted by Gasteiger charge is -2.11. The molecule has 2 aromatic rings. The minimum absolute atomic E-state index is 0.0661. The first-order valence-corrected chi connectivity index (χ1v) is 8.74. The smallest absolute Gasteiger partial charge is 0.270 e. The Bertz CT molecular complexity index is 665. The first-order chi connectivity index (χ1) is 10.6. The van der Waals surface area contributed by atoms with Gasteiger partial charge in [-0.3, -0.25) is 9.48 Å². The number of hydrogen-bond acceptors (Lipinski definition) is 4. The van der Waals surface area contributed by atoms with Gasteiger partial charge in [0.05, 0.1) is 17.4 Å². The van der Waals surface area contributed by atoms with Gasteiger partial charge in [-0.05, 0) is 52.5 Å². The van der Waals surface area contributed by atoms with Gasteiger partial charge in [-0.25, -0.2) is 4.98 Å². The van der Waals surface area contributed by atoms with E-state index in [1.807, 2.05) is 26.8 Å². The van der Waals surface area contributed by atoms with Crippen LogP contribution in [0.4, 0.5) is 0 Å². The number of thiazole rings is 1. The van der Waals surface area contributed by atoms with E-state index in [9.17, 15) is 4.79 Å². The monoisotopic (exact) mass is 318 g/mol. The first-order valence-electron chi connectivity index (χ1n) is 7.92. The topological polar surface area (TPSA) is 59.8 Å². The van der Waals surface area contributed by atoms with Crippen molar-refractivity contribution in [2.24, 2.45) is 0 Å². The van der Waals surface area contributed by atoms with Crippen molar-refractivity contribution < 1.29 is 4.79 Å². The standard InChI is InChI=1S/C16H22N4OS/c1-4-20-13(9-10(2)19-20)15(21)17-11(3)16-18-12-7-5-6-8-14(12)22-16/h9,11H,4-8H2,1-3H3,(H,17,21)/t11-/m1/s1. The van der Waals surface area contributed by atoms with Crippen LogP contribution in [-0.2, 0) is 19.4 Å². The number of hydrogen-bond donors (Lipinski definition) is 1. The summed E-state index contributed by atoms with van der Waals surface area (Å²) in [6, 6.07) is 1.77. The third kappa shape index (κ3) is 2.92. The van der Waals surface area contributed by atoms with Crippen LogP contribution in [0.15, 0.2) is 6.07 Å². The molecular formula is C16H22N4OS. The molecule has 22 heavy (non-hydrogen) atoms. The maximum atomic E-state index is 12.5. The van der Waals surface area contributed by atoms with Crippen LogP contribution < -0.4 is 5.32 Å². The summed E-state index contributed by atoms with van der Waals surface area (Å²) in [5.74, 6) is -0.0804. The van der Waals surface area contributed by atoms with Crippen molar-refractivity contribution in [3.8, 4) is 0 Å². The number of aryl methyl sites for hydroxylation is 4. The summed E-state index contributed by atoms with van der Waals surface area (Å²) >= 11 is 1.75. The quantitative estimate of drug-likeness (QED) is 0.942. The summed E-state index contributed by atoms with van der Waals surface area (Å²) in [4.78, 5) is 18.6. The van der Waals surface area contributed by atoms with Gasteiger partial charge in [0, 0.05) is 11.4 Å². The number of amides is 1. The number of nitrogens with zero attached hydrogens (tertiary/aromatic N) is 3. The molecule has 118 valence electrons. The zero-order valence-corrected chi connectivity index (χ0v) is 14.2. The van der Waals surface area contributed by atoms with Gasteiger partial charge in [-0.1, -0.05) is 0 Å². The number of nitrogens with one attached hydrogen (secondary N) is 1. The average Bonchev–Trinajstić information content (AvgIpc) is 3.10. The fraction of sp³-hybridized carbons (Fsp3) is 0.562. The molecule has 0 aliphatic heterocycles. The van der Waals surface area contributed by atoms with E-state index in [1.54, 1.807) is 16.0 Å². The van der Waals surface area contributed by atoms with Crippen LogP contribution in [0.25, 0.3) is 0 Å². The summed E-state index contributed by atoms with van der Waals surface area (Å²) in [7, 11) is 0. The minimum Gasteiger partial charge on any atom is -0.342 e. The molecule has 1 atom stereocenters. The highest BCUT2D eigenvalue weighted by atomic mass is 32.1. The van der Waals surface area contributed by atoms with Crippen LogP contribution in [0.5, 0.6) is 0 Å². The fourth-order valence-corrected chi connectivity index (χ4v) is 4.01. The van der Waals surface area contributed by atoms with Gasteiger partial charge in [0.2, 0.25) is 0 Å². The Morgan fingerprint density at radius 3 is 2.95 bits per heavy atom. The van der Waals surface area contributed by atoms with Crippen LogP contribution in [0.1, 0.15) is 64.5 Å². The van der Waals surface area contributed by atoms with Crippen molar-refractivity contribution in [2.45, 2.75) is 59.0 Å². The van der Waals surface area contributed by atoms with Crippen LogP contribution in [0.3, 0.4) is 0 Å². The molecule has 0 spiro atoms. The Morgan fingerprint density at radius 1 is 1.45 bits per heavy atom. The van der Waals surface area contributed by atoms with Crippen LogP contribution in [0, 0.1) is 6.92 Å².